The first-order chi connectivity index (χ1) is 10.3. The van der Waals surface area contributed by atoms with Crippen molar-refractivity contribution in [1.29, 1.82) is 0 Å². The summed E-state index contributed by atoms with van der Waals surface area (Å²) < 4.78 is 3.61. The molecule has 2 aromatic rings. The molecule has 118 valence electrons. The molecule has 2 aromatic heterocycles. The van der Waals surface area contributed by atoms with E-state index in [0.717, 1.165) is 29.4 Å². The summed E-state index contributed by atoms with van der Waals surface area (Å²) in [5.74, 6) is 1.50. The van der Waals surface area contributed by atoms with Crippen LogP contribution in [0.2, 0.25) is 0 Å². The van der Waals surface area contributed by atoms with Crippen LogP contribution in [0.5, 0.6) is 0 Å². The lowest BCUT2D eigenvalue weighted by Crippen LogP contribution is -2.28. The Morgan fingerprint density at radius 1 is 1.41 bits per heavy atom. The molecule has 0 fully saturated rings. The number of nitrogens with one attached hydrogen (secondary N) is 1. The van der Waals surface area contributed by atoms with Gasteiger partial charge in [0, 0.05) is 31.0 Å². The predicted octanol–water partition coefficient (Wildman–Crippen LogP) is 1.80. The van der Waals surface area contributed by atoms with E-state index in [9.17, 15) is 4.79 Å². The van der Waals surface area contributed by atoms with Crippen molar-refractivity contribution in [2.45, 2.75) is 52.0 Å². The molecule has 0 unspecified atom stereocenters. The predicted molar refractivity (Wildman–Crippen MR) is 82.7 cm³/mol. The monoisotopic (exact) mass is 302 g/mol. The normalized spacial score (nSPS) is 18.2. The quantitative estimate of drug-likeness (QED) is 0.917. The maximum atomic E-state index is 12.1. The zero-order chi connectivity index (χ0) is 16.1. The van der Waals surface area contributed by atoms with Crippen molar-refractivity contribution >= 4 is 11.7 Å². The van der Waals surface area contributed by atoms with Crippen molar-refractivity contribution in [3.05, 3.63) is 23.4 Å². The fourth-order valence-electron chi connectivity index (χ4n) is 3.05. The number of hydrogen-bond acceptors (Lipinski definition) is 4. The zero-order valence-electron chi connectivity index (χ0n) is 13.7. The number of carbonyl (C=O) groups excluding carboxylic acids is 1. The fraction of sp³-hybridized carbons (Fsp3) is 0.600. The Bertz CT molecular complexity index is 721. The van der Waals surface area contributed by atoms with E-state index in [1.165, 1.54) is 0 Å². The molecule has 1 amide bonds. The van der Waals surface area contributed by atoms with E-state index in [4.69, 9.17) is 0 Å². The van der Waals surface area contributed by atoms with Gasteiger partial charge >= 0.3 is 0 Å². The van der Waals surface area contributed by atoms with Gasteiger partial charge in [0.25, 0.3) is 0 Å². The number of aromatic nitrogens is 5. The minimum Gasteiger partial charge on any atom is -0.311 e. The molecular weight excluding hydrogens is 280 g/mol. The Balaban J connectivity index is 2.22. The fourth-order valence-corrected chi connectivity index (χ4v) is 3.05. The van der Waals surface area contributed by atoms with Gasteiger partial charge in [0.05, 0.1) is 11.6 Å². The summed E-state index contributed by atoms with van der Waals surface area (Å²) in [6.45, 7) is 9.15. The number of anilines is 1. The van der Waals surface area contributed by atoms with Crippen LogP contribution in [0.25, 0.3) is 0 Å². The molecule has 22 heavy (non-hydrogen) atoms. The minimum absolute atomic E-state index is 0.00777. The van der Waals surface area contributed by atoms with Crippen molar-refractivity contribution < 1.29 is 4.79 Å². The second-order valence-electron chi connectivity index (χ2n) is 6.72. The molecule has 3 heterocycles. The molecule has 1 N–H and O–H groups in total. The van der Waals surface area contributed by atoms with Gasteiger partial charge < -0.3 is 5.32 Å². The third-order valence-electron chi connectivity index (χ3n) is 4.05. The Labute approximate surface area is 129 Å². The first-order valence-electron chi connectivity index (χ1n) is 7.57. The van der Waals surface area contributed by atoms with E-state index in [0.29, 0.717) is 6.42 Å². The molecule has 0 saturated carbocycles. The number of fused-ring (bicyclic) bond motifs is 1. The summed E-state index contributed by atoms with van der Waals surface area (Å²) in [4.78, 5) is 16.5. The van der Waals surface area contributed by atoms with E-state index >= 15 is 0 Å². The van der Waals surface area contributed by atoms with Gasteiger partial charge in [-0.25, -0.2) is 9.67 Å². The van der Waals surface area contributed by atoms with Crippen molar-refractivity contribution in [2.75, 3.05) is 5.32 Å². The largest absolute Gasteiger partial charge is 0.311 e. The van der Waals surface area contributed by atoms with Gasteiger partial charge in [0.1, 0.15) is 18.0 Å². The number of rotatable bonds is 2. The molecule has 1 aliphatic rings. The number of carbonyl (C=O) groups is 1. The summed E-state index contributed by atoms with van der Waals surface area (Å²) in [6.07, 6.45) is 1.93. The summed E-state index contributed by atoms with van der Waals surface area (Å²) in [5.41, 5.74) is 1.96. The molecule has 0 radical (unpaired) electrons. The van der Waals surface area contributed by atoms with Gasteiger partial charge in [-0.3, -0.25) is 9.48 Å². The molecule has 7 nitrogen and oxygen atoms in total. The number of nitrogens with zero attached hydrogens (tertiary/aromatic N) is 5. The smallest absolute Gasteiger partial charge is 0.226 e. The number of aryl methyl sites for hydroxylation is 2. The summed E-state index contributed by atoms with van der Waals surface area (Å²) in [7, 11) is 1.86. The number of hydrogen-bond donors (Lipinski definition) is 1. The van der Waals surface area contributed by atoms with Crippen LogP contribution in [0.3, 0.4) is 0 Å². The van der Waals surface area contributed by atoms with Crippen LogP contribution < -0.4 is 5.32 Å². The Morgan fingerprint density at radius 3 is 2.77 bits per heavy atom. The van der Waals surface area contributed by atoms with Gasteiger partial charge in [-0.1, -0.05) is 20.8 Å². The average Bonchev–Trinajstić information content (AvgIpc) is 3.02. The van der Waals surface area contributed by atoms with Crippen molar-refractivity contribution in [2.24, 2.45) is 7.05 Å². The molecular formula is C15H22N6O. The number of amides is 1. The second-order valence-corrected chi connectivity index (χ2v) is 6.72. The van der Waals surface area contributed by atoms with Crippen LogP contribution in [0, 0.1) is 0 Å². The molecule has 3 rings (SSSR count). The van der Waals surface area contributed by atoms with E-state index in [1.54, 1.807) is 11.0 Å². The Morgan fingerprint density at radius 2 is 2.14 bits per heavy atom. The SMILES string of the molecule is CCn1ncnc1[C@H]1CC(=O)Nc2c1c(C(C)(C)C)nn2C. The molecule has 7 heteroatoms. The molecule has 1 aliphatic heterocycles. The van der Waals surface area contributed by atoms with Crippen LogP contribution >= 0.6 is 0 Å². The Hall–Kier alpha value is -2.18. The molecule has 0 saturated heterocycles. The highest BCUT2D eigenvalue weighted by Crippen LogP contribution is 2.41. The third kappa shape index (κ3) is 2.20. The topological polar surface area (TPSA) is 77.6 Å². The van der Waals surface area contributed by atoms with Gasteiger partial charge in [-0.15, -0.1) is 0 Å². The van der Waals surface area contributed by atoms with Crippen molar-refractivity contribution in [1.82, 2.24) is 24.5 Å². The van der Waals surface area contributed by atoms with Crippen molar-refractivity contribution in [3.8, 4) is 0 Å². The maximum absolute atomic E-state index is 12.1. The molecule has 0 spiro atoms. The second kappa shape index (κ2) is 4.93. The summed E-state index contributed by atoms with van der Waals surface area (Å²) in [5, 5.41) is 11.9. The highest BCUT2D eigenvalue weighted by Gasteiger charge is 2.38. The van der Waals surface area contributed by atoms with E-state index in [1.807, 2.05) is 18.7 Å². The highest BCUT2D eigenvalue weighted by molar-refractivity contribution is 5.94. The first kappa shape index (κ1) is 14.7. The van der Waals surface area contributed by atoms with Gasteiger partial charge in [-0.2, -0.15) is 10.2 Å². The van der Waals surface area contributed by atoms with Gasteiger partial charge in [-0.05, 0) is 6.92 Å². The lowest BCUT2D eigenvalue weighted by molar-refractivity contribution is -0.116. The van der Waals surface area contributed by atoms with Crippen molar-refractivity contribution in [3.63, 3.8) is 0 Å². The van der Waals surface area contributed by atoms with E-state index < -0.39 is 0 Å². The standard InChI is InChI=1S/C15H22N6O/c1-6-21-13(16-8-17-21)9-7-10(22)18-14-11(9)12(15(2,3)4)19-20(14)5/h8-9H,6-7H2,1-5H3,(H,18,22)/t9-/m0/s1. The van der Waals surface area contributed by atoms with Crippen LogP contribution in [0.1, 0.15) is 57.1 Å². The zero-order valence-corrected chi connectivity index (χ0v) is 13.7. The van der Waals surface area contributed by atoms with Crippen LogP contribution in [-0.4, -0.2) is 30.5 Å². The Kier molecular flexibility index (Phi) is 3.30. The summed E-state index contributed by atoms with van der Waals surface area (Å²) >= 11 is 0. The van der Waals surface area contributed by atoms with Crippen LogP contribution in [-0.2, 0) is 23.8 Å². The third-order valence-corrected chi connectivity index (χ3v) is 4.05. The van der Waals surface area contributed by atoms with Gasteiger partial charge in [0.15, 0.2) is 0 Å². The van der Waals surface area contributed by atoms with Gasteiger partial charge in [0.2, 0.25) is 5.91 Å². The average molecular weight is 302 g/mol. The minimum atomic E-state index is -0.108. The molecule has 1 atom stereocenters. The summed E-state index contributed by atoms with van der Waals surface area (Å²) in [6, 6.07) is 0. The first-order valence-corrected chi connectivity index (χ1v) is 7.57. The highest BCUT2D eigenvalue weighted by atomic mass is 16.1. The maximum Gasteiger partial charge on any atom is 0.226 e. The lowest BCUT2D eigenvalue weighted by Gasteiger charge is -2.26. The molecule has 0 aromatic carbocycles. The van der Waals surface area contributed by atoms with E-state index in [2.05, 4.69) is 41.3 Å². The molecule has 0 aliphatic carbocycles. The lowest BCUT2D eigenvalue weighted by atomic mass is 9.82. The van der Waals surface area contributed by atoms with Crippen LogP contribution in [0.15, 0.2) is 6.33 Å². The van der Waals surface area contributed by atoms with E-state index in [-0.39, 0.29) is 17.2 Å². The molecule has 0 bridgehead atoms. The van der Waals surface area contributed by atoms with Crippen LogP contribution in [0.4, 0.5) is 5.82 Å².